The maximum atomic E-state index is 13.0. The van der Waals surface area contributed by atoms with Crippen LogP contribution >= 0.6 is 11.8 Å². The zero-order valence-electron chi connectivity index (χ0n) is 17.6. The van der Waals surface area contributed by atoms with Gasteiger partial charge in [-0.15, -0.1) is 0 Å². The minimum absolute atomic E-state index is 0.00661. The number of nitrogens with one attached hydrogen (secondary N) is 1. The molecular weight excluding hydrogens is 394 g/mol. The highest BCUT2D eigenvalue weighted by Gasteiger charge is 2.15. The van der Waals surface area contributed by atoms with Gasteiger partial charge in [-0.05, 0) is 55.3 Å². The lowest BCUT2D eigenvalue weighted by atomic mass is 10.1. The molecule has 2 amide bonds. The van der Waals surface area contributed by atoms with Gasteiger partial charge in [-0.25, -0.2) is 4.98 Å². The van der Waals surface area contributed by atoms with Crippen molar-refractivity contribution in [3.8, 4) is 0 Å². The highest BCUT2D eigenvalue weighted by atomic mass is 32.2. The SMILES string of the molecule is CC(=O)N(C)Cc1cccc(NC(=O)c2cccnc2Sc2ccc(C)cc2C)c1. The summed E-state index contributed by atoms with van der Waals surface area (Å²) in [5.41, 5.74) is 4.50. The van der Waals surface area contributed by atoms with Crippen molar-refractivity contribution >= 4 is 29.3 Å². The van der Waals surface area contributed by atoms with Crippen LogP contribution in [0.3, 0.4) is 0 Å². The molecule has 0 aliphatic carbocycles. The van der Waals surface area contributed by atoms with Crippen molar-refractivity contribution in [2.45, 2.75) is 37.2 Å². The van der Waals surface area contributed by atoms with Crippen molar-refractivity contribution in [2.24, 2.45) is 0 Å². The van der Waals surface area contributed by atoms with Crippen molar-refractivity contribution < 1.29 is 9.59 Å². The first-order valence-electron chi connectivity index (χ1n) is 9.65. The highest BCUT2D eigenvalue weighted by Crippen LogP contribution is 2.31. The lowest BCUT2D eigenvalue weighted by Gasteiger charge is -2.15. The molecule has 6 heteroatoms. The van der Waals surface area contributed by atoms with Crippen molar-refractivity contribution in [1.29, 1.82) is 0 Å². The average molecular weight is 420 g/mol. The Morgan fingerprint density at radius 1 is 1.07 bits per heavy atom. The number of amides is 2. The molecule has 0 aliphatic rings. The minimum atomic E-state index is -0.215. The number of pyridine rings is 1. The van der Waals surface area contributed by atoms with E-state index in [0.29, 0.717) is 22.8 Å². The molecule has 3 rings (SSSR count). The van der Waals surface area contributed by atoms with Gasteiger partial charge in [-0.1, -0.05) is 41.6 Å². The Labute approximate surface area is 181 Å². The van der Waals surface area contributed by atoms with Crippen LogP contribution in [0.4, 0.5) is 5.69 Å². The van der Waals surface area contributed by atoms with E-state index in [4.69, 9.17) is 0 Å². The second-order valence-electron chi connectivity index (χ2n) is 7.26. The molecule has 0 bridgehead atoms. The molecule has 0 fully saturated rings. The number of hydrogen-bond donors (Lipinski definition) is 1. The second-order valence-corrected chi connectivity index (χ2v) is 8.29. The predicted octanol–water partition coefficient (Wildman–Crippen LogP) is 5.08. The van der Waals surface area contributed by atoms with E-state index in [1.54, 1.807) is 30.3 Å². The van der Waals surface area contributed by atoms with Crippen LogP contribution in [0, 0.1) is 13.8 Å². The number of aromatic nitrogens is 1. The number of carbonyl (C=O) groups is 2. The Bertz CT molecular complexity index is 1080. The quantitative estimate of drug-likeness (QED) is 0.605. The Balaban J connectivity index is 1.79. The lowest BCUT2D eigenvalue weighted by molar-refractivity contribution is -0.128. The summed E-state index contributed by atoms with van der Waals surface area (Å²) in [6.45, 7) is 6.13. The third kappa shape index (κ3) is 5.48. The third-order valence-corrected chi connectivity index (χ3v) is 5.89. The number of nitrogens with zero attached hydrogens (tertiary/aromatic N) is 2. The van der Waals surface area contributed by atoms with E-state index in [1.165, 1.54) is 24.2 Å². The molecule has 154 valence electrons. The molecule has 30 heavy (non-hydrogen) atoms. The Kier molecular flexibility index (Phi) is 6.90. The maximum absolute atomic E-state index is 13.0. The Hall–Kier alpha value is -3.12. The molecule has 0 saturated heterocycles. The van der Waals surface area contributed by atoms with Crippen molar-refractivity contribution in [2.75, 3.05) is 12.4 Å². The zero-order chi connectivity index (χ0) is 21.7. The number of anilines is 1. The van der Waals surface area contributed by atoms with Gasteiger partial charge in [0.2, 0.25) is 5.91 Å². The van der Waals surface area contributed by atoms with E-state index < -0.39 is 0 Å². The van der Waals surface area contributed by atoms with Gasteiger partial charge in [0.25, 0.3) is 5.91 Å². The van der Waals surface area contributed by atoms with Crippen LogP contribution < -0.4 is 5.32 Å². The number of hydrogen-bond acceptors (Lipinski definition) is 4. The lowest BCUT2D eigenvalue weighted by Crippen LogP contribution is -2.23. The Morgan fingerprint density at radius 3 is 2.60 bits per heavy atom. The zero-order valence-corrected chi connectivity index (χ0v) is 18.4. The maximum Gasteiger partial charge on any atom is 0.258 e. The monoisotopic (exact) mass is 419 g/mol. The van der Waals surface area contributed by atoms with Crippen LogP contribution in [0.1, 0.15) is 34.0 Å². The van der Waals surface area contributed by atoms with Gasteiger partial charge in [-0.2, -0.15) is 0 Å². The molecule has 0 aliphatic heterocycles. The molecule has 5 nitrogen and oxygen atoms in total. The molecule has 2 aromatic carbocycles. The molecule has 0 radical (unpaired) electrons. The smallest absolute Gasteiger partial charge is 0.258 e. The van der Waals surface area contributed by atoms with E-state index in [0.717, 1.165) is 16.0 Å². The van der Waals surface area contributed by atoms with Gasteiger partial charge < -0.3 is 10.2 Å². The normalized spacial score (nSPS) is 10.5. The molecule has 1 aromatic heterocycles. The standard InChI is InChI=1S/C24H25N3O2S/c1-16-10-11-22(17(2)13-16)30-24-21(9-6-12-25-24)23(29)26-20-8-5-7-19(14-20)15-27(4)18(3)28/h5-14H,15H2,1-4H3,(H,26,29). The van der Waals surface area contributed by atoms with Gasteiger partial charge in [0, 0.05) is 37.3 Å². The molecule has 0 saturated carbocycles. The van der Waals surface area contributed by atoms with Gasteiger partial charge in [0.15, 0.2) is 0 Å². The van der Waals surface area contributed by atoms with Crippen molar-refractivity contribution in [3.63, 3.8) is 0 Å². The first-order chi connectivity index (χ1) is 14.3. The van der Waals surface area contributed by atoms with Crippen LogP contribution in [0.2, 0.25) is 0 Å². The molecule has 0 atom stereocenters. The van der Waals surface area contributed by atoms with Crippen LogP contribution in [0.25, 0.3) is 0 Å². The van der Waals surface area contributed by atoms with E-state index in [-0.39, 0.29) is 11.8 Å². The van der Waals surface area contributed by atoms with E-state index >= 15 is 0 Å². The van der Waals surface area contributed by atoms with Crippen LogP contribution in [-0.4, -0.2) is 28.7 Å². The largest absolute Gasteiger partial charge is 0.342 e. The van der Waals surface area contributed by atoms with Crippen LogP contribution in [0.15, 0.2) is 70.7 Å². The average Bonchev–Trinajstić information content (AvgIpc) is 2.70. The Morgan fingerprint density at radius 2 is 1.87 bits per heavy atom. The van der Waals surface area contributed by atoms with Gasteiger partial charge in [0.1, 0.15) is 5.03 Å². The predicted molar refractivity (Wildman–Crippen MR) is 121 cm³/mol. The minimum Gasteiger partial charge on any atom is -0.342 e. The summed E-state index contributed by atoms with van der Waals surface area (Å²) in [4.78, 5) is 31.6. The first-order valence-corrected chi connectivity index (χ1v) is 10.5. The molecule has 1 heterocycles. The van der Waals surface area contributed by atoms with Crippen molar-refractivity contribution in [1.82, 2.24) is 9.88 Å². The summed E-state index contributed by atoms with van der Waals surface area (Å²) < 4.78 is 0. The summed E-state index contributed by atoms with van der Waals surface area (Å²) in [7, 11) is 1.75. The fraction of sp³-hybridized carbons (Fsp3) is 0.208. The number of rotatable bonds is 6. The summed E-state index contributed by atoms with van der Waals surface area (Å²) >= 11 is 1.49. The van der Waals surface area contributed by atoms with E-state index in [9.17, 15) is 9.59 Å². The van der Waals surface area contributed by atoms with E-state index in [2.05, 4.69) is 42.3 Å². The summed E-state index contributed by atoms with van der Waals surface area (Å²) in [5, 5.41) is 3.62. The molecular formula is C24H25N3O2S. The summed E-state index contributed by atoms with van der Waals surface area (Å²) in [6.07, 6.45) is 1.70. The number of aryl methyl sites for hydroxylation is 2. The molecule has 0 unspecified atom stereocenters. The van der Waals surface area contributed by atoms with Gasteiger partial charge >= 0.3 is 0 Å². The van der Waals surface area contributed by atoms with Gasteiger partial charge in [0.05, 0.1) is 5.56 Å². The van der Waals surface area contributed by atoms with Crippen LogP contribution in [0.5, 0.6) is 0 Å². The molecule has 3 aromatic rings. The second kappa shape index (κ2) is 9.59. The van der Waals surface area contributed by atoms with E-state index in [1.807, 2.05) is 24.3 Å². The van der Waals surface area contributed by atoms with Gasteiger partial charge in [-0.3, -0.25) is 9.59 Å². The first kappa shape index (κ1) is 21.6. The third-order valence-electron chi connectivity index (χ3n) is 4.70. The fourth-order valence-corrected chi connectivity index (χ4v) is 3.94. The molecule has 1 N–H and O–H groups in total. The van der Waals surface area contributed by atoms with Crippen LogP contribution in [-0.2, 0) is 11.3 Å². The van der Waals surface area contributed by atoms with Crippen molar-refractivity contribution in [3.05, 3.63) is 83.0 Å². The highest BCUT2D eigenvalue weighted by molar-refractivity contribution is 7.99. The summed E-state index contributed by atoms with van der Waals surface area (Å²) in [6, 6.07) is 17.3. The fourth-order valence-electron chi connectivity index (χ4n) is 2.99. The number of benzene rings is 2. The molecule has 0 spiro atoms. The summed E-state index contributed by atoms with van der Waals surface area (Å²) in [5.74, 6) is -0.222. The number of carbonyl (C=O) groups excluding carboxylic acids is 2. The topological polar surface area (TPSA) is 62.3 Å².